The molecule has 2 aliphatic rings. The largest absolute Gasteiger partial charge is 0.378 e. The number of rotatable bonds is 5. The van der Waals surface area contributed by atoms with Crippen molar-refractivity contribution in [3.63, 3.8) is 0 Å². The van der Waals surface area contributed by atoms with E-state index in [1.807, 2.05) is 18.9 Å². The fraction of sp³-hybridized carbons (Fsp3) is 0.524. The van der Waals surface area contributed by atoms with Crippen molar-refractivity contribution in [2.45, 2.75) is 51.2 Å². The van der Waals surface area contributed by atoms with Crippen molar-refractivity contribution in [1.29, 1.82) is 0 Å². The zero-order chi connectivity index (χ0) is 19.0. The molecule has 0 aliphatic heterocycles. The summed E-state index contributed by atoms with van der Waals surface area (Å²) in [6.45, 7) is 2.75. The molecule has 0 radical (unpaired) electrons. The average molecular weight is 371 g/mol. The highest BCUT2D eigenvalue weighted by atomic mass is 19.1. The molecule has 0 bridgehead atoms. The molecule has 2 aromatic rings. The highest BCUT2D eigenvalue weighted by Crippen LogP contribution is 2.56. The number of hydrogen-bond donors (Lipinski definition) is 1. The number of aromatic nitrogens is 2. The Kier molecular flexibility index (Phi) is 4.76. The van der Waals surface area contributed by atoms with Crippen LogP contribution in [0.25, 0.3) is 11.3 Å². The van der Waals surface area contributed by atoms with Crippen LogP contribution in [0.4, 0.5) is 4.39 Å². The Morgan fingerprint density at radius 3 is 2.70 bits per heavy atom. The normalized spacial score (nSPS) is 23.4. The fourth-order valence-corrected chi connectivity index (χ4v) is 4.93. The van der Waals surface area contributed by atoms with E-state index in [0.29, 0.717) is 11.4 Å². The summed E-state index contributed by atoms with van der Waals surface area (Å²) in [7, 11) is 1.88. The maximum atomic E-state index is 13.1. The van der Waals surface area contributed by atoms with Crippen molar-refractivity contribution in [3.05, 3.63) is 41.8 Å². The van der Waals surface area contributed by atoms with Gasteiger partial charge in [0.25, 0.3) is 5.91 Å². The maximum absolute atomic E-state index is 13.1. The quantitative estimate of drug-likeness (QED) is 0.863. The number of H-pyrrole nitrogens is 1. The van der Waals surface area contributed by atoms with E-state index < -0.39 is 0 Å². The minimum Gasteiger partial charge on any atom is -0.378 e. The van der Waals surface area contributed by atoms with Crippen LogP contribution in [0.15, 0.2) is 30.3 Å². The maximum Gasteiger partial charge on any atom is 0.271 e. The van der Waals surface area contributed by atoms with Crippen molar-refractivity contribution in [1.82, 2.24) is 15.1 Å². The van der Waals surface area contributed by atoms with E-state index in [9.17, 15) is 9.18 Å². The molecule has 0 unspecified atom stereocenters. The third kappa shape index (κ3) is 3.06. The average Bonchev–Trinajstić information content (AvgIpc) is 3.35. The molecule has 1 aromatic heterocycles. The van der Waals surface area contributed by atoms with Crippen LogP contribution in [0, 0.1) is 11.2 Å². The van der Waals surface area contributed by atoms with Crippen LogP contribution in [0.5, 0.6) is 0 Å². The molecule has 6 heteroatoms. The van der Waals surface area contributed by atoms with Gasteiger partial charge in [-0.1, -0.05) is 12.8 Å². The molecule has 2 aliphatic carbocycles. The molecule has 2 saturated carbocycles. The minimum absolute atomic E-state index is 0.0536. The molecular formula is C21H26FN3O2. The van der Waals surface area contributed by atoms with E-state index in [1.165, 1.54) is 25.0 Å². The number of carbonyl (C=O) groups is 1. The lowest BCUT2D eigenvalue weighted by Gasteiger charge is -2.56. The SMILES string of the molecule is CCO[C@H]1C[C@H](N(C)C(=O)c2cc(-c3ccc(F)cc3)n[nH]2)C12CCCC2. The van der Waals surface area contributed by atoms with Crippen LogP contribution in [0.1, 0.15) is 49.5 Å². The van der Waals surface area contributed by atoms with Gasteiger partial charge in [-0.15, -0.1) is 0 Å². The summed E-state index contributed by atoms with van der Waals surface area (Å²) < 4.78 is 19.1. The van der Waals surface area contributed by atoms with Crippen LogP contribution in [-0.4, -0.2) is 46.8 Å². The first-order valence-electron chi connectivity index (χ1n) is 9.75. The van der Waals surface area contributed by atoms with E-state index in [2.05, 4.69) is 10.2 Å². The predicted octanol–water partition coefficient (Wildman–Crippen LogP) is 4.03. The van der Waals surface area contributed by atoms with Gasteiger partial charge in [0.1, 0.15) is 11.5 Å². The Morgan fingerprint density at radius 2 is 2.04 bits per heavy atom. The second-order valence-electron chi connectivity index (χ2n) is 7.73. The van der Waals surface area contributed by atoms with Crippen molar-refractivity contribution >= 4 is 5.91 Å². The first-order valence-corrected chi connectivity index (χ1v) is 9.75. The summed E-state index contributed by atoms with van der Waals surface area (Å²) in [5.41, 5.74) is 2.00. The standard InChI is InChI=1S/C21H26FN3O2/c1-3-27-19-13-18(21(19)10-4-5-11-21)25(2)20(26)17-12-16(23-24-17)14-6-8-15(22)9-7-14/h6-9,12,18-19H,3-5,10-11,13H2,1-2H3,(H,23,24)/t18-,19-/m0/s1. The number of nitrogens with one attached hydrogen (secondary N) is 1. The van der Waals surface area contributed by atoms with Gasteiger partial charge in [-0.25, -0.2) is 4.39 Å². The van der Waals surface area contributed by atoms with Gasteiger partial charge < -0.3 is 9.64 Å². The topological polar surface area (TPSA) is 58.2 Å². The molecule has 5 nitrogen and oxygen atoms in total. The van der Waals surface area contributed by atoms with Crippen molar-refractivity contribution in [2.75, 3.05) is 13.7 Å². The van der Waals surface area contributed by atoms with Gasteiger partial charge in [-0.3, -0.25) is 9.89 Å². The molecule has 2 atom stereocenters. The first kappa shape index (κ1) is 18.2. The first-order chi connectivity index (χ1) is 13.0. The lowest BCUT2D eigenvalue weighted by Crippen LogP contribution is -2.64. The van der Waals surface area contributed by atoms with Crippen molar-refractivity contribution in [3.8, 4) is 11.3 Å². The van der Waals surface area contributed by atoms with Gasteiger partial charge in [0.2, 0.25) is 0 Å². The summed E-state index contributed by atoms with van der Waals surface area (Å²) >= 11 is 0. The van der Waals surface area contributed by atoms with Gasteiger partial charge >= 0.3 is 0 Å². The van der Waals surface area contributed by atoms with Gasteiger partial charge in [0, 0.05) is 30.7 Å². The van der Waals surface area contributed by atoms with Crippen LogP contribution in [0.2, 0.25) is 0 Å². The number of ether oxygens (including phenoxy) is 1. The van der Waals surface area contributed by atoms with Crippen molar-refractivity contribution < 1.29 is 13.9 Å². The second-order valence-corrected chi connectivity index (χ2v) is 7.73. The zero-order valence-corrected chi connectivity index (χ0v) is 15.9. The van der Waals surface area contributed by atoms with Crippen molar-refractivity contribution in [2.24, 2.45) is 5.41 Å². The lowest BCUT2D eigenvalue weighted by molar-refractivity contribution is -0.152. The minimum atomic E-state index is -0.291. The third-order valence-electron chi connectivity index (χ3n) is 6.38. The Morgan fingerprint density at radius 1 is 1.33 bits per heavy atom. The smallest absolute Gasteiger partial charge is 0.271 e. The third-order valence-corrected chi connectivity index (χ3v) is 6.38. The number of amides is 1. The Hall–Kier alpha value is -2.21. The van der Waals surface area contributed by atoms with E-state index in [1.54, 1.807) is 18.2 Å². The highest BCUT2D eigenvalue weighted by molar-refractivity contribution is 5.93. The van der Waals surface area contributed by atoms with Crippen LogP contribution >= 0.6 is 0 Å². The molecule has 2 fully saturated rings. The molecule has 27 heavy (non-hydrogen) atoms. The van der Waals surface area contributed by atoms with Crippen LogP contribution in [-0.2, 0) is 4.74 Å². The summed E-state index contributed by atoms with van der Waals surface area (Å²) in [5.74, 6) is -0.344. The van der Waals surface area contributed by atoms with Crippen LogP contribution in [0.3, 0.4) is 0 Å². The molecule has 0 saturated heterocycles. The van der Waals surface area contributed by atoms with Crippen LogP contribution < -0.4 is 0 Å². The van der Waals surface area contributed by atoms with Gasteiger partial charge in [0.05, 0.1) is 11.8 Å². The molecular weight excluding hydrogens is 345 g/mol. The van der Waals surface area contributed by atoms with Gasteiger partial charge in [-0.2, -0.15) is 5.10 Å². The molecule has 1 amide bonds. The zero-order valence-electron chi connectivity index (χ0n) is 15.9. The van der Waals surface area contributed by atoms with Gasteiger partial charge in [-0.05, 0) is 56.5 Å². The number of hydrogen-bond acceptors (Lipinski definition) is 3. The summed E-state index contributed by atoms with van der Waals surface area (Å²) in [4.78, 5) is 14.9. The fourth-order valence-electron chi connectivity index (χ4n) is 4.93. The monoisotopic (exact) mass is 371 g/mol. The Balaban J connectivity index is 1.50. The number of nitrogens with zero attached hydrogens (tertiary/aromatic N) is 2. The lowest BCUT2D eigenvalue weighted by atomic mass is 9.60. The highest BCUT2D eigenvalue weighted by Gasteiger charge is 2.58. The molecule has 144 valence electrons. The summed E-state index contributed by atoms with van der Waals surface area (Å²) in [5, 5.41) is 7.09. The van der Waals surface area contributed by atoms with E-state index in [-0.39, 0.29) is 29.3 Å². The number of halogens is 1. The number of benzene rings is 1. The number of aromatic amines is 1. The molecule has 1 aromatic carbocycles. The molecule has 1 spiro atoms. The Bertz CT molecular complexity index is 811. The van der Waals surface area contributed by atoms with E-state index in [4.69, 9.17) is 4.74 Å². The summed E-state index contributed by atoms with van der Waals surface area (Å²) in [6.07, 6.45) is 5.84. The second kappa shape index (κ2) is 7.08. The predicted molar refractivity (Wildman–Crippen MR) is 101 cm³/mol. The molecule has 1 N–H and O–H groups in total. The Labute approximate surface area is 158 Å². The molecule has 1 heterocycles. The van der Waals surface area contributed by atoms with Gasteiger partial charge in [0.15, 0.2) is 0 Å². The van der Waals surface area contributed by atoms with E-state index >= 15 is 0 Å². The summed E-state index contributed by atoms with van der Waals surface area (Å²) in [6, 6.07) is 8.06. The van der Waals surface area contributed by atoms with E-state index in [0.717, 1.165) is 31.4 Å². The molecule has 4 rings (SSSR count). The number of carbonyl (C=O) groups excluding carboxylic acids is 1.